The van der Waals surface area contributed by atoms with Gasteiger partial charge in [0.05, 0.1) is 19.8 Å². The van der Waals surface area contributed by atoms with Crippen LogP contribution in [0.2, 0.25) is 0 Å². The zero-order valence-corrected chi connectivity index (χ0v) is 17.0. The molecule has 30 heavy (non-hydrogen) atoms. The molecule has 0 saturated heterocycles. The molecular weight excluding hydrogens is 386 g/mol. The number of aromatic hydroxyl groups is 2. The van der Waals surface area contributed by atoms with Gasteiger partial charge in [0.15, 0.2) is 11.5 Å². The van der Waals surface area contributed by atoms with Crippen molar-refractivity contribution in [3.05, 3.63) is 58.8 Å². The summed E-state index contributed by atoms with van der Waals surface area (Å²) in [5.41, 5.74) is 3.82. The van der Waals surface area contributed by atoms with Gasteiger partial charge in [0.2, 0.25) is 0 Å². The van der Waals surface area contributed by atoms with Crippen molar-refractivity contribution in [1.82, 2.24) is 15.1 Å². The Bertz CT molecular complexity index is 1110. The number of H-pyrrole nitrogens is 1. The molecule has 0 radical (unpaired) electrons. The molecule has 1 atom stereocenters. The zero-order chi connectivity index (χ0) is 21.4. The van der Waals surface area contributed by atoms with Gasteiger partial charge in [0.25, 0.3) is 5.91 Å². The Morgan fingerprint density at radius 3 is 2.63 bits per heavy atom. The van der Waals surface area contributed by atoms with E-state index in [1.807, 2.05) is 19.1 Å². The van der Waals surface area contributed by atoms with Gasteiger partial charge in [-0.15, -0.1) is 0 Å². The third kappa shape index (κ3) is 3.15. The number of ether oxygens (including phenoxy) is 2. The second kappa shape index (κ2) is 7.72. The fourth-order valence-corrected chi connectivity index (χ4v) is 3.87. The lowest BCUT2D eigenvalue weighted by atomic mass is 9.95. The molecule has 156 valence electrons. The van der Waals surface area contributed by atoms with Crippen molar-refractivity contribution in [3.63, 3.8) is 0 Å². The summed E-state index contributed by atoms with van der Waals surface area (Å²) in [6, 6.07) is 9.77. The molecule has 1 aliphatic heterocycles. The van der Waals surface area contributed by atoms with Gasteiger partial charge in [-0.2, -0.15) is 5.10 Å². The van der Waals surface area contributed by atoms with E-state index in [1.165, 1.54) is 13.2 Å². The molecule has 2 heterocycles. The smallest absolute Gasteiger partial charge is 0.273 e. The van der Waals surface area contributed by atoms with E-state index < -0.39 is 6.04 Å². The highest BCUT2D eigenvalue weighted by Crippen LogP contribution is 2.45. The van der Waals surface area contributed by atoms with Gasteiger partial charge in [-0.3, -0.25) is 9.89 Å². The highest BCUT2D eigenvalue weighted by molar-refractivity contribution is 6.00. The van der Waals surface area contributed by atoms with Gasteiger partial charge in [0, 0.05) is 24.8 Å². The number of carbonyl (C=O) groups is 1. The number of aromatic amines is 1. The summed E-state index contributed by atoms with van der Waals surface area (Å²) in [4.78, 5) is 14.8. The van der Waals surface area contributed by atoms with Crippen molar-refractivity contribution in [2.24, 2.45) is 0 Å². The predicted molar refractivity (Wildman–Crippen MR) is 110 cm³/mol. The summed E-state index contributed by atoms with van der Waals surface area (Å²) in [5.74, 6) is 0.200. The average molecular weight is 409 g/mol. The van der Waals surface area contributed by atoms with Crippen LogP contribution in [0.5, 0.6) is 17.2 Å². The van der Waals surface area contributed by atoms with Gasteiger partial charge in [-0.05, 0) is 36.8 Å². The largest absolute Gasteiger partial charge is 0.507 e. The number of carbonyl (C=O) groups excluding carboxylic acids is 1. The van der Waals surface area contributed by atoms with Crippen molar-refractivity contribution in [2.45, 2.75) is 13.0 Å². The molecular formula is C22H23N3O5. The van der Waals surface area contributed by atoms with Crippen molar-refractivity contribution in [2.75, 3.05) is 27.4 Å². The van der Waals surface area contributed by atoms with E-state index in [4.69, 9.17) is 9.47 Å². The van der Waals surface area contributed by atoms with Gasteiger partial charge in [-0.1, -0.05) is 17.7 Å². The first kappa shape index (κ1) is 19.8. The molecule has 2 aromatic carbocycles. The number of nitrogens with one attached hydrogen (secondary N) is 1. The Labute approximate surface area is 173 Å². The average Bonchev–Trinajstić information content (AvgIpc) is 3.28. The molecule has 8 heteroatoms. The first-order valence-electron chi connectivity index (χ1n) is 9.51. The predicted octanol–water partition coefficient (Wildman–Crippen LogP) is 3.00. The maximum atomic E-state index is 13.2. The summed E-state index contributed by atoms with van der Waals surface area (Å²) in [5, 5.41) is 27.7. The number of methoxy groups -OCH3 is 2. The van der Waals surface area contributed by atoms with E-state index in [2.05, 4.69) is 10.2 Å². The molecule has 1 aliphatic rings. The molecule has 0 spiro atoms. The number of fused-ring (bicyclic) bond motifs is 1. The molecule has 0 aliphatic carbocycles. The minimum Gasteiger partial charge on any atom is -0.507 e. The Kier molecular flexibility index (Phi) is 5.09. The van der Waals surface area contributed by atoms with Crippen LogP contribution in [0, 0.1) is 6.92 Å². The van der Waals surface area contributed by atoms with Crippen LogP contribution in [-0.4, -0.2) is 58.6 Å². The molecule has 3 aromatic rings. The lowest BCUT2D eigenvalue weighted by Crippen LogP contribution is -2.32. The molecule has 0 bridgehead atoms. The maximum Gasteiger partial charge on any atom is 0.273 e. The Balaban J connectivity index is 1.91. The molecule has 0 unspecified atom stereocenters. The van der Waals surface area contributed by atoms with Crippen molar-refractivity contribution < 1.29 is 24.5 Å². The second-order valence-corrected chi connectivity index (χ2v) is 7.21. The number of rotatable bonds is 6. The van der Waals surface area contributed by atoms with Crippen LogP contribution in [0.4, 0.5) is 0 Å². The van der Waals surface area contributed by atoms with Crippen LogP contribution in [0.3, 0.4) is 0 Å². The Morgan fingerprint density at radius 2 is 1.90 bits per heavy atom. The standard InChI is InChI=1S/C22H23N3O5/c1-12-4-6-15(26)14(10-12)19-18-20(24-23-19)22(28)25(8-9-29-2)21(18)13-5-7-16(27)17(11-13)30-3/h4-7,10-11,21,26-27H,8-9H2,1-3H3,(H,23,24)/t21-/m0/s1. The summed E-state index contributed by atoms with van der Waals surface area (Å²) in [6.45, 7) is 2.65. The van der Waals surface area contributed by atoms with E-state index in [0.29, 0.717) is 41.4 Å². The molecule has 1 amide bonds. The number of phenolic OH excluding ortho intramolecular Hbond substituents is 2. The van der Waals surface area contributed by atoms with E-state index in [0.717, 1.165) is 11.1 Å². The first-order valence-corrected chi connectivity index (χ1v) is 9.51. The van der Waals surface area contributed by atoms with Crippen molar-refractivity contribution in [1.29, 1.82) is 0 Å². The molecule has 3 N–H and O–H groups in total. The van der Waals surface area contributed by atoms with Gasteiger partial charge in [0.1, 0.15) is 17.1 Å². The number of aromatic nitrogens is 2. The quantitative estimate of drug-likeness (QED) is 0.578. The topological polar surface area (TPSA) is 108 Å². The molecule has 0 saturated carbocycles. The maximum absolute atomic E-state index is 13.2. The number of hydrogen-bond donors (Lipinski definition) is 3. The fourth-order valence-electron chi connectivity index (χ4n) is 3.87. The van der Waals surface area contributed by atoms with E-state index >= 15 is 0 Å². The number of benzene rings is 2. The number of hydrogen-bond acceptors (Lipinski definition) is 6. The SMILES string of the molecule is COCCN1C(=O)c2[nH]nc(-c3cc(C)ccc3O)c2[C@@H]1c1ccc(O)c(OC)c1. The number of amides is 1. The number of phenols is 2. The van der Waals surface area contributed by atoms with E-state index in [-0.39, 0.29) is 17.4 Å². The van der Waals surface area contributed by atoms with Crippen LogP contribution >= 0.6 is 0 Å². The minimum atomic E-state index is -0.481. The van der Waals surface area contributed by atoms with Crippen LogP contribution < -0.4 is 4.74 Å². The number of aryl methyl sites for hydroxylation is 1. The summed E-state index contributed by atoms with van der Waals surface area (Å²) in [7, 11) is 3.05. The van der Waals surface area contributed by atoms with Gasteiger partial charge in [-0.25, -0.2) is 0 Å². The molecule has 8 nitrogen and oxygen atoms in total. The third-order valence-corrected chi connectivity index (χ3v) is 5.33. The van der Waals surface area contributed by atoms with Gasteiger partial charge >= 0.3 is 0 Å². The summed E-state index contributed by atoms with van der Waals surface area (Å²) in [6.07, 6.45) is 0. The van der Waals surface area contributed by atoms with Crippen LogP contribution in [-0.2, 0) is 4.74 Å². The monoisotopic (exact) mass is 409 g/mol. The van der Waals surface area contributed by atoms with Crippen LogP contribution in [0.15, 0.2) is 36.4 Å². The van der Waals surface area contributed by atoms with Crippen molar-refractivity contribution in [3.8, 4) is 28.5 Å². The van der Waals surface area contributed by atoms with E-state index in [1.54, 1.807) is 30.2 Å². The normalized spacial score (nSPS) is 15.5. The third-order valence-electron chi connectivity index (χ3n) is 5.33. The highest BCUT2D eigenvalue weighted by Gasteiger charge is 2.42. The highest BCUT2D eigenvalue weighted by atomic mass is 16.5. The molecule has 4 rings (SSSR count). The second-order valence-electron chi connectivity index (χ2n) is 7.21. The first-order chi connectivity index (χ1) is 14.5. The van der Waals surface area contributed by atoms with Crippen LogP contribution in [0.25, 0.3) is 11.3 Å². The lowest BCUT2D eigenvalue weighted by Gasteiger charge is -2.26. The Morgan fingerprint density at radius 1 is 1.13 bits per heavy atom. The van der Waals surface area contributed by atoms with Crippen molar-refractivity contribution >= 4 is 5.91 Å². The minimum absolute atomic E-state index is 0.0120. The summed E-state index contributed by atoms with van der Waals surface area (Å²) >= 11 is 0. The summed E-state index contributed by atoms with van der Waals surface area (Å²) < 4.78 is 10.5. The number of nitrogens with zero attached hydrogens (tertiary/aromatic N) is 2. The molecule has 0 fully saturated rings. The van der Waals surface area contributed by atoms with Crippen LogP contribution in [0.1, 0.15) is 33.2 Å². The van der Waals surface area contributed by atoms with Gasteiger partial charge < -0.3 is 24.6 Å². The van der Waals surface area contributed by atoms with E-state index in [9.17, 15) is 15.0 Å². The Hall–Kier alpha value is -3.52. The lowest BCUT2D eigenvalue weighted by molar-refractivity contribution is 0.0677. The zero-order valence-electron chi connectivity index (χ0n) is 17.0. The fraction of sp³-hybridized carbons (Fsp3) is 0.273. The molecule has 1 aromatic heterocycles.